The number of hydrogen-bond acceptors (Lipinski definition) is 2. The van der Waals surface area contributed by atoms with E-state index in [1.807, 2.05) is 13.8 Å². The van der Waals surface area contributed by atoms with Crippen LogP contribution in [0.2, 0.25) is 0 Å². The van der Waals surface area contributed by atoms with Crippen LogP contribution in [0, 0.1) is 11.8 Å². The molecule has 0 aromatic heterocycles. The third-order valence-electron chi connectivity index (χ3n) is 2.77. The van der Waals surface area contributed by atoms with E-state index in [0.717, 1.165) is 12.8 Å². The summed E-state index contributed by atoms with van der Waals surface area (Å²) in [6, 6.07) is -0.159. The summed E-state index contributed by atoms with van der Waals surface area (Å²) in [4.78, 5) is 22.3. The SMILES string of the molecule is CC(C)CC(=O)N[C@@H]1CCC[C@@H]1C(=O)O. The van der Waals surface area contributed by atoms with Crippen LogP contribution in [0.3, 0.4) is 0 Å². The van der Waals surface area contributed by atoms with E-state index in [1.54, 1.807) is 0 Å². The van der Waals surface area contributed by atoms with Crippen molar-refractivity contribution < 1.29 is 14.7 Å². The molecule has 2 atom stereocenters. The molecule has 0 bridgehead atoms. The minimum Gasteiger partial charge on any atom is -0.481 e. The predicted octanol–water partition coefficient (Wildman–Crippen LogP) is 1.40. The van der Waals surface area contributed by atoms with Gasteiger partial charge in [0.25, 0.3) is 0 Å². The average Bonchev–Trinajstić information content (AvgIpc) is 2.50. The highest BCUT2D eigenvalue weighted by Gasteiger charge is 2.33. The van der Waals surface area contributed by atoms with Crippen molar-refractivity contribution in [3.8, 4) is 0 Å². The smallest absolute Gasteiger partial charge is 0.308 e. The van der Waals surface area contributed by atoms with Crippen LogP contribution in [0.25, 0.3) is 0 Å². The van der Waals surface area contributed by atoms with Crippen molar-refractivity contribution in [2.45, 2.75) is 45.6 Å². The number of carbonyl (C=O) groups is 2. The Balaban J connectivity index is 2.43. The fourth-order valence-corrected chi connectivity index (χ4v) is 2.06. The van der Waals surface area contributed by atoms with Gasteiger partial charge < -0.3 is 10.4 Å². The van der Waals surface area contributed by atoms with Gasteiger partial charge in [-0.25, -0.2) is 0 Å². The lowest BCUT2D eigenvalue weighted by molar-refractivity contribution is -0.142. The summed E-state index contributed by atoms with van der Waals surface area (Å²) >= 11 is 0. The molecule has 0 aliphatic heterocycles. The van der Waals surface area contributed by atoms with Crippen molar-refractivity contribution in [1.82, 2.24) is 5.32 Å². The Morgan fingerprint density at radius 1 is 1.40 bits per heavy atom. The molecule has 86 valence electrons. The van der Waals surface area contributed by atoms with E-state index in [9.17, 15) is 9.59 Å². The zero-order valence-electron chi connectivity index (χ0n) is 9.32. The lowest BCUT2D eigenvalue weighted by atomic mass is 10.0. The normalized spacial score (nSPS) is 25.5. The van der Waals surface area contributed by atoms with Gasteiger partial charge in [-0.1, -0.05) is 20.3 Å². The second kappa shape index (κ2) is 5.14. The molecule has 15 heavy (non-hydrogen) atoms. The zero-order valence-corrected chi connectivity index (χ0v) is 9.32. The molecule has 0 heterocycles. The summed E-state index contributed by atoms with van der Waals surface area (Å²) in [5.74, 6) is -0.888. The van der Waals surface area contributed by atoms with Gasteiger partial charge >= 0.3 is 5.97 Å². The Hall–Kier alpha value is -1.06. The van der Waals surface area contributed by atoms with Gasteiger partial charge in [-0.15, -0.1) is 0 Å². The van der Waals surface area contributed by atoms with Gasteiger partial charge in [0.1, 0.15) is 0 Å². The number of carboxylic acids is 1. The molecule has 1 fully saturated rings. The maximum atomic E-state index is 11.5. The molecule has 0 aromatic rings. The number of hydrogen-bond donors (Lipinski definition) is 2. The van der Waals surface area contributed by atoms with Gasteiger partial charge in [0.2, 0.25) is 5.91 Å². The highest BCUT2D eigenvalue weighted by molar-refractivity contribution is 5.78. The van der Waals surface area contributed by atoms with Crippen LogP contribution >= 0.6 is 0 Å². The van der Waals surface area contributed by atoms with Crippen molar-refractivity contribution in [2.75, 3.05) is 0 Å². The van der Waals surface area contributed by atoms with Gasteiger partial charge in [0, 0.05) is 12.5 Å². The third-order valence-corrected chi connectivity index (χ3v) is 2.77. The van der Waals surface area contributed by atoms with E-state index in [0.29, 0.717) is 18.8 Å². The second-order valence-electron chi connectivity index (χ2n) is 4.65. The topological polar surface area (TPSA) is 66.4 Å². The predicted molar refractivity (Wildman–Crippen MR) is 56.4 cm³/mol. The fourth-order valence-electron chi connectivity index (χ4n) is 2.06. The quantitative estimate of drug-likeness (QED) is 0.741. The summed E-state index contributed by atoms with van der Waals surface area (Å²) in [6.07, 6.45) is 2.84. The summed E-state index contributed by atoms with van der Waals surface area (Å²) in [6.45, 7) is 3.95. The molecule has 0 aromatic carbocycles. The maximum Gasteiger partial charge on any atom is 0.308 e. The monoisotopic (exact) mass is 213 g/mol. The van der Waals surface area contributed by atoms with E-state index in [-0.39, 0.29) is 17.9 Å². The van der Waals surface area contributed by atoms with E-state index >= 15 is 0 Å². The second-order valence-corrected chi connectivity index (χ2v) is 4.65. The molecule has 1 aliphatic carbocycles. The summed E-state index contributed by atoms with van der Waals surface area (Å²) in [7, 11) is 0. The number of carbonyl (C=O) groups excluding carboxylic acids is 1. The molecule has 1 saturated carbocycles. The van der Waals surface area contributed by atoms with E-state index < -0.39 is 5.97 Å². The number of aliphatic carboxylic acids is 1. The Kier molecular flexibility index (Phi) is 4.12. The molecule has 4 heteroatoms. The first kappa shape index (κ1) is 12.0. The van der Waals surface area contributed by atoms with Crippen LogP contribution < -0.4 is 5.32 Å². The zero-order chi connectivity index (χ0) is 11.4. The molecular weight excluding hydrogens is 194 g/mol. The molecule has 0 radical (unpaired) electrons. The molecule has 1 rings (SSSR count). The first-order valence-corrected chi connectivity index (χ1v) is 5.53. The van der Waals surface area contributed by atoms with E-state index in [4.69, 9.17) is 5.11 Å². The van der Waals surface area contributed by atoms with Gasteiger partial charge in [0.15, 0.2) is 0 Å². The number of amides is 1. The molecule has 0 unspecified atom stereocenters. The Morgan fingerprint density at radius 3 is 2.60 bits per heavy atom. The fraction of sp³-hybridized carbons (Fsp3) is 0.818. The van der Waals surface area contributed by atoms with E-state index in [2.05, 4.69) is 5.32 Å². The highest BCUT2D eigenvalue weighted by Crippen LogP contribution is 2.25. The summed E-state index contributed by atoms with van der Waals surface area (Å²) < 4.78 is 0. The largest absolute Gasteiger partial charge is 0.481 e. The molecular formula is C11H19NO3. The minimum atomic E-state index is -0.789. The van der Waals surface area contributed by atoms with Crippen LogP contribution in [0.4, 0.5) is 0 Å². The van der Waals surface area contributed by atoms with Gasteiger partial charge in [-0.3, -0.25) is 9.59 Å². The molecule has 2 N–H and O–H groups in total. The average molecular weight is 213 g/mol. The number of nitrogens with one attached hydrogen (secondary N) is 1. The molecule has 0 saturated heterocycles. The van der Waals surface area contributed by atoms with Gasteiger partial charge in [0.05, 0.1) is 5.92 Å². The van der Waals surface area contributed by atoms with Crippen LogP contribution in [0.5, 0.6) is 0 Å². The number of carboxylic acid groups (broad SMARTS) is 1. The van der Waals surface area contributed by atoms with Gasteiger partial charge in [-0.2, -0.15) is 0 Å². The Labute approximate surface area is 90.0 Å². The summed E-state index contributed by atoms with van der Waals surface area (Å²) in [5, 5.41) is 11.7. The van der Waals surface area contributed by atoms with Gasteiger partial charge in [-0.05, 0) is 18.8 Å². The van der Waals surface area contributed by atoms with E-state index in [1.165, 1.54) is 0 Å². The number of rotatable bonds is 4. The first-order valence-electron chi connectivity index (χ1n) is 5.53. The molecule has 1 aliphatic rings. The van der Waals surface area contributed by atoms with Crippen LogP contribution in [-0.4, -0.2) is 23.0 Å². The Bertz CT molecular complexity index is 250. The minimum absolute atomic E-state index is 0.0249. The molecule has 0 spiro atoms. The Morgan fingerprint density at radius 2 is 2.07 bits per heavy atom. The van der Waals surface area contributed by atoms with Crippen molar-refractivity contribution in [2.24, 2.45) is 11.8 Å². The molecule has 1 amide bonds. The van der Waals surface area contributed by atoms with Crippen LogP contribution in [0.15, 0.2) is 0 Å². The van der Waals surface area contributed by atoms with Crippen molar-refractivity contribution >= 4 is 11.9 Å². The molecule has 4 nitrogen and oxygen atoms in total. The van der Waals surface area contributed by atoms with Crippen molar-refractivity contribution in [3.63, 3.8) is 0 Å². The van der Waals surface area contributed by atoms with Crippen LogP contribution in [-0.2, 0) is 9.59 Å². The van der Waals surface area contributed by atoms with Crippen LogP contribution in [0.1, 0.15) is 39.5 Å². The highest BCUT2D eigenvalue weighted by atomic mass is 16.4. The maximum absolute atomic E-state index is 11.5. The standard InChI is InChI=1S/C11H19NO3/c1-7(2)6-10(13)12-9-5-3-4-8(9)11(14)15/h7-9H,3-6H2,1-2H3,(H,12,13)(H,14,15)/t8-,9+/m0/s1. The first-order chi connectivity index (χ1) is 7.00. The lowest BCUT2D eigenvalue weighted by Crippen LogP contribution is -2.40. The van der Waals surface area contributed by atoms with Crippen molar-refractivity contribution in [1.29, 1.82) is 0 Å². The third kappa shape index (κ3) is 3.53. The lowest BCUT2D eigenvalue weighted by Gasteiger charge is -2.18. The van der Waals surface area contributed by atoms with Crippen molar-refractivity contribution in [3.05, 3.63) is 0 Å². The summed E-state index contributed by atoms with van der Waals surface area (Å²) in [5.41, 5.74) is 0.